The van der Waals surface area contributed by atoms with Crippen LogP contribution in [-0.4, -0.2) is 31.4 Å². The van der Waals surface area contributed by atoms with E-state index in [1.807, 2.05) is 6.07 Å². The molecule has 0 radical (unpaired) electrons. The second-order valence-corrected chi connectivity index (χ2v) is 6.91. The molecule has 21 heavy (non-hydrogen) atoms. The highest BCUT2D eigenvalue weighted by Crippen LogP contribution is 2.36. The van der Waals surface area contributed by atoms with Crippen LogP contribution in [0, 0.1) is 0 Å². The zero-order valence-electron chi connectivity index (χ0n) is 13.4. The lowest BCUT2D eigenvalue weighted by Crippen LogP contribution is -2.46. The SMILES string of the molecule is CC1(C)OB(c2ccccc2C2NCCCN2)OC1(C)C. The Balaban J connectivity index is 1.89. The van der Waals surface area contributed by atoms with E-state index in [2.05, 4.69) is 56.5 Å². The molecule has 2 aliphatic rings. The molecule has 2 N–H and O–H groups in total. The average Bonchev–Trinajstić information content (AvgIpc) is 2.68. The third-order valence-corrected chi connectivity index (χ3v) is 4.86. The molecule has 5 heteroatoms. The summed E-state index contributed by atoms with van der Waals surface area (Å²) in [5.74, 6) is 0. The van der Waals surface area contributed by atoms with Crippen molar-refractivity contribution in [2.24, 2.45) is 0 Å². The molecular formula is C16H25BN2O2. The Kier molecular flexibility index (Phi) is 3.86. The molecule has 0 aromatic heterocycles. The zero-order valence-corrected chi connectivity index (χ0v) is 13.4. The van der Waals surface area contributed by atoms with Crippen molar-refractivity contribution in [2.75, 3.05) is 13.1 Å². The summed E-state index contributed by atoms with van der Waals surface area (Å²) in [6.07, 6.45) is 1.34. The van der Waals surface area contributed by atoms with Gasteiger partial charge in [-0.3, -0.25) is 10.6 Å². The molecule has 0 bridgehead atoms. The third kappa shape index (κ3) is 2.75. The van der Waals surface area contributed by atoms with Crippen molar-refractivity contribution in [3.05, 3.63) is 29.8 Å². The van der Waals surface area contributed by atoms with Crippen LogP contribution in [-0.2, 0) is 9.31 Å². The van der Waals surface area contributed by atoms with Gasteiger partial charge in [0.25, 0.3) is 0 Å². The van der Waals surface area contributed by atoms with Crippen molar-refractivity contribution in [3.63, 3.8) is 0 Å². The molecule has 114 valence electrons. The van der Waals surface area contributed by atoms with Gasteiger partial charge in [0.05, 0.1) is 17.4 Å². The number of benzene rings is 1. The average molecular weight is 288 g/mol. The standard InChI is InChI=1S/C16H25BN2O2/c1-15(2)16(3,4)21-17(20-15)13-9-6-5-8-12(13)14-18-10-7-11-19-14/h5-6,8-9,14,18-19H,7,10-11H2,1-4H3. The van der Waals surface area contributed by atoms with E-state index in [9.17, 15) is 0 Å². The summed E-state index contributed by atoms with van der Waals surface area (Å²) >= 11 is 0. The Hall–Kier alpha value is -0.875. The molecule has 1 aromatic carbocycles. The number of hydrogen-bond acceptors (Lipinski definition) is 4. The van der Waals surface area contributed by atoms with Crippen molar-refractivity contribution >= 4 is 12.6 Å². The Bertz CT molecular complexity index is 497. The fourth-order valence-corrected chi connectivity index (χ4v) is 2.83. The number of nitrogens with one attached hydrogen (secondary N) is 2. The first-order valence-electron chi connectivity index (χ1n) is 7.82. The lowest BCUT2D eigenvalue weighted by Gasteiger charge is -2.32. The highest BCUT2D eigenvalue weighted by molar-refractivity contribution is 6.62. The molecule has 1 aromatic rings. The highest BCUT2D eigenvalue weighted by Gasteiger charge is 2.52. The Morgan fingerprint density at radius 1 is 1.00 bits per heavy atom. The second-order valence-electron chi connectivity index (χ2n) is 6.91. The van der Waals surface area contributed by atoms with E-state index >= 15 is 0 Å². The molecule has 0 spiro atoms. The number of rotatable bonds is 2. The van der Waals surface area contributed by atoms with Gasteiger partial charge >= 0.3 is 7.12 Å². The Morgan fingerprint density at radius 3 is 2.19 bits per heavy atom. The van der Waals surface area contributed by atoms with Crippen molar-refractivity contribution in [1.29, 1.82) is 0 Å². The lowest BCUT2D eigenvalue weighted by molar-refractivity contribution is 0.00578. The quantitative estimate of drug-likeness (QED) is 0.811. The van der Waals surface area contributed by atoms with Gasteiger partial charge < -0.3 is 9.31 Å². The summed E-state index contributed by atoms with van der Waals surface area (Å²) in [5, 5.41) is 7.04. The van der Waals surface area contributed by atoms with Crippen molar-refractivity contribution < 1.29 is 9.31 Å². The van der Waals surface area contributed by atoms with Gasteiger partial charge in [0.1, 0.15) is 0 Å². The van der Waals surface area contributed by atoms with E-state index in [-0.39, 0.29) is 24.5 Å². The molecule has 2 fully saturated rings. The van der Waals surface area contributed by atoms with Gasteiger partial charge in [0.15, 0.2) is 0 Å². The van der Waals surface area contributed by atoms with Gasteiger partial charge in [0.2, 0.25) is 0 Å². The molecule has 0 saturated carbocycles. The maximum Gasteiger partial charge on any atom is 0.495 e. The van der Waals surface area contributed by atoms with E-state index < -0.39 is 0 Å². The van der Waals surface area contributed by atoms with Crippen LogP contribution in [0.3, 0.4) is 0 Å². The Morgan fingerprint density at radius 2 is 1.57 bits per heavy atom. The van der Waals surface area contributed by atoms with Crippen LogP contribution in [0.15, 0.2) is 24.3 Å². The fourth-order valence-electron chi connectivity index (χ4n) is 2.83. The molecule has 2 heterocycles. The van der Waals surface area contributed by atoms with Crippen LogP contribution in [0.25, 0.3) is 0 Å². The molecule has 0 unspecified atom stereocenters. The minimum atomic E-state index is -0.309. The topological polar surface area (TPSA) is 42.5 Å². The minimum absolute atomic E-state index is 0.175. The summed E-state index contributed by atoms with van der Waals surface area (Å²) in [4.78, 5) is 0. The van der Waals surface area contributed by atoms with Gasteiger partial charge in [-0.25, -0.2) is 0 Å². The van der Waals surface area contributed by atoms with Crippen LogP contribution >= 0.6 is 0 Å². The largest absolute Gasteiger partial charge is 0.495 e. The Labute approximate surface area is 127 Å². The monoisotopic (exact) mass is 288 g/mol. The summed E-state index contributed by atoms with van der Waals surface area (Å²) in [6.45, 7) is 10.4. The normalized spacial score (nSPS) is 25.2. The fraction of sp³-hybridized carbons (Fsp3) is 0.625. The lowest BCUT2D eigenvalue weighted by atomic mass is 9.75. The predicted molar refractivity (Wildman–Crippen MR) is 85.5 cm³/mol. The second kappa shape index (κ2) is 5.40. The first-order valence-corrected chi connectivity index (χ1v) is 7.82. The van der Waals surface area contributed by atoms with Crippen LogP contribution in [0.1, 0.15) is 45.8 Å². The molecule has 2 saturated heterocycles. The van der Waals surface area contributed by atoms with Crippen LogP contribution in [0.5, 0.6) is 0 Å². The van der Waals surface area contributed by atoms with E-state index in [1.54, 1.807) is 0 Å². The smallest absolute Gasteiger partial charge is 0.399 e. The van der Waals surface area contributed by atoms with Gasteiger partial charge in [-0.1, -0.05) is 24.3 Å². The van der Waals surface area contributed by atoms with Crippen molar-refractivity contribution in [3.8, 4) is 0 Å². The molecular weight excluding hydrogens is 263 g/mol. The summed E-state index contributed by atoms with van der Waals surface area (Å²) < 4.78 is 12.4. The van der Waals surface area contributed by atoms with Gasteiger partial charge in [0, 0.05) is 0 Å². The van der Waals surface area contributed by atoms with Gasteiger partial charge in [-0.05, 0) is 58.2 Å². The van der Waals surface area contributed by atoms with Crippen molar-refractivity contribution in [2.45, 2.75) is 51.5 Å². The molecule has 0 aliphatic carbocycles. The van der Waals surface area contributed by atoms with Gasteiger partial charge in [-0.15, -0.1) is 0 Å². The van der Waals surface area contributed by atoms with Crippen molar-refractivity contribution in [1.82, 2.24) is 10.6 Å². The summed E-state index contributed by atoms with van der Waals surface area (Å²) in [5.41, 5.74) is 1.72. The van der Waals surface area contributed by atoms with Gasteiger partial charge in [-0.2, -0.15) is 0 Å². The van der Waals surface area contributed by atoms with E-state index in [1.165, 1.54) is 5.56 Å². The molecule has 2 aliphatic heterocycles. The third-order valence-electron chi connectivity index (χ3n) is 4.86. The maximum absolute atomic E-state index is 6.20. The van der Waals surface area contributed by atoms with E-state index in [0.29, 0.717) is 0 Å². The van der Waals surface area contributed by atoms with E-state index in [0.717, 1.165) is 25.0 Å². The molecule has 4 nitrogen and oxygen atoms in total. The first-order chi connectivity index (χ1) is 9.91. The highest BCUT2D eigenvalue weighted by atomic mass is 16.7. The summed E-state index contributed by atoms with van der Waals surface area (Å²) in [6, 6.07) is 8.38. The maximum atomic E-state index is 6.20. The summed E-state index contributed by atoms with van der Waals surface area (Å²) in [7, 11) is -0.309. The van der Waals surface area contributed by atoms with Crippen LogP contribution < -0.4 is 16.1 Å². The molecule has 0 atom stereocenters. The zero-order chi connectivity index (χ0) is 15.1. The molecule has 3 rings (SSSR count). The minimum Gasteiger partial charge on any atom is -0.399 e. The first kappa shape index (κ1) is 15.0. The number of hydrogen-bond donors (Lipinski definition) is 2. The molecule has 0 amide bonds. The van der Waals surface area contributed by atoms with Crippen LogP contribution in [0.4, 0.5) is 0 Å². The van der Waals surface area contributed by atoms with E-state index in [4.69, 9.17) is 9.31 Å². The van der Waals surface area contributed by atoms with Crippen LogP contribution in [0.2, 0.25) is 0 Å². The predicted octanol–water partition coefficient (Wildman–Crippen LogP) is 1.57.